The van der Waals surface area contributed by atoms with E-state index in [4.69, 9.17) is 0 Å². The first-order valence-corrected chi connectivity index (χ1v) is 3.97. The van der Waals surface area contributed by atoms with E-state index in [-0.39, 0.29) is 5.91 Å². The molecule has 0 fully saturated rings. The molecule has 0 radical (unpaired) electrons. The highest BCUT2D eigenvalue weighted by atomic mass is 16.1. The van der Waals surface area contributed by atoms with Gasteiger partial charge in [0.25, 0.3) is 0 Å². The lowest BCUT2D eigenvalue weighted by molar-refractivity contribution is -0.114. The minimum atomic E-state index is -0.109. The van der Waals surface area contributed by atoms with E-state index in [9.17, 15) is 4.79 Å². The number of rotatable bonds is 1. The summed E-state index contributed by atoms with van der Waals surface area (Å²) in [7, 11) is 0. The molecule has 13 heavy (non-hydrogen) atoms. The molecule has 0 spiro atoms. The molecule has 4 nitrogen and oxygen atoms in total. The van der Waals surface area contributed by atoms with E-state index in [1.165, 1.54) is 6.92 Å². The summed E-state index contributed by atoms with van der Waals surface area (Å²) in [6.45, 7) is 1.46. The summed E-state index contributed by atoms with van der Waals surface area (Å²) in [6, 6.07) is 5.51. The number of aromatic nitrogens is 2. The van der Waals surface area contributed by atoms with Crippen LogP contribution in [0.4, 0.5) is 5.82 Å². The number of aromatic amines is 1. The van der Waals surface area contributed by atoms with Crippen LogP contribution in [0.15, 0.2) is 24.4 Å². The second-order valence-electron chi connectivity index (χ2n) is 2.79. The molecule has 2 rings (SSSR count). The molecule has 0 unspecified atom stereocenters. The fourth-order valence-corrected chi connectivity index (χ4v) is 1.18. The number of nitrogens with zero attached hydrogens (tertiary/aromatic N) is 1. The van der Waals surface area contributed by atoms with Crippen LogP contribution in [-0.4, -0.2) is 15.9 Å². The first kappa shape index (κ1) is 7.79. The Morgan fingerprint density at radius 2 is 2.31 bits per heavy atom. The Morgan fingerprint density at radius 1 is 1.46 bits per heavy atom. The Bertz CT molecular complexity index is 447. The standard InChI is InChI=1S/C9H9N3O/c1-6(13)11-9-3-2-7-8(12-9)4-5-10-7/h2-5,10H,1H3,(H,11,12,13). The number of fused-ring (bicyclic) bond motifs is 1. The van der Waals surface area contributed by atoms with Crippen LogP contribution in [0, 0.1) is 0 Å². The molecule has 0 saturated carbocycles. The third kappa shape index (κ3) is 1.51. The van der Waals surface area contributed by atoms with Crippen molar-refractivity contribution < 1.29 is 4.79 Å². The van der Waals surface area contributed by atoms with E-state index in [1.807, 2.05) is 18.3 Å². The Kier molecular flexibility index (Phi) is 1.73. The molecule has 2 N–H and O–H groups in total. The summed E-state index contributed by atoms with van der Waals surface area (Å²) >= 11 is 0. The first-order chi connectivity index (χ1) is 6.25. The van der Waals surface area contributed by atoms with Crippen LogP contribution in [0.2, 0.25) is 0 Å². The van der Waals surface area contributed by atoms with Gasteiger partial charge in [0.15, 0.2) is 0 Å². The molecular formula is C9H9N3O. The Morgan fingerprint density at radius 3 is 3.08 bits per heavy atom. The molecule has 0 saturated heterocycles. The molecule has 0 aromatic carbocycles. The lowest BCUT2D eigenvalue weighted by atomic mass is 10.4. The normalized spacial score (nSPS) is 10.2. The maximum Gasteiger partial charge on any atom is 0.222 e. The second-order valence-corrected chi connectivity index (χ2v) is 2.79. The van der Waals surface area contributed by atoms with Gasteiger partial charge in [-0.1, -0.05) is 0 Å². The molecule has 0 aliphatic carbocycles. The zero-order chi connectivity index (χ0) is 9.26. The summed E-state index contributed by atoms with van der Waals surface area (Å²) in [5, 5.41) is 2.62. The van der Waals surface area contributed by atoms with Crippen molar-refractivity contribution in [1.82, 2.24) is 9.97 Å². The number of pyridine rings is 1. The van der Waals surface area contributed by atoms with Crippen molar-refractivity contribution in [3.8, 4) is 0 Å². The highest BCUT2D eigenvalue weighted by molar-refractivity contribution is 5.89. The highest BCUT2D eigenvalue weighted by Gasteiger charge is 1.99. The molecule has 0 aliphatic rings. The van der Waals surface area contributed by atoms with Crippen molar-refractivity contribution >= 4 is 22.8 Å². The summed E-state index contributed by atoms with van der Waals surface area (Å²) in [4.78, 5) is 18.0. The first-order valence-electron chi connectivity index (χ1n) is 3.97. The van der Waals surface area contributed by atoms with Crippen LogP contribution in [-0.2, 0) is 4.79 Å². The summed E-state index contributed by atoms with van der Waals surface area (Å²) in [5.41, 5.74) is 1.82. The van der Waals surface area contributed by atoms with Gasteiger partial charge in [-0.15, -0.1) is 0 Å². The van der Waals surface area contributed by atoms with Gasteiger partial charge >= 0.3 is 0 Å². The van der Waals surface area contributed by atoms with Crippen LogP contribution in [0.5, 0.6) is 0 Å². The third-order valence-corrected chi connectivity index (χ3v) is 1.71. The van der Waals surface area contributed by atoms with Gasteiger partial charge in [0.2, 0.25) is 5.91 Å². The van der Waals surface area contributed by atoms with Gasteiger partial charge in [0, 0.05) is 13.1 Å². The summed E-state index contributed by atoms with van der Waals surface area (Å²) < 4.78 is 0. The summed E-state index contributed by atoms with van der Waals surface area (Å²) in [5.74, 6) is 0.474. The second kappa shape index (κ2) is 2.90. The van der Waals surface area contributed by atoms with Crippen molar-refractivity contribution in [2.45, 2.75) is 6.92 Å². The molecule has 1 amide bonds. The SMILES string of the molecule is CC(=O)Nc1ccc2[nH]ccc2n1. The number of carbonyl (C=O) groups is 1. The molecule has 2 aromatic heterocycles. The molecule has 2 aromatic rings. The molecule has 2 heterocycles. The van der Waals surface area contributed by atoms with Gasteiger partial charge in [0.05, 0.1) is 11.0 Å². The Labute approximate surface area is 75.0 Å². The summed E-state index contributed by atoms with van der Waals surface area (Å²) in [6.07, 6.45) is 1.81. The van der Waals surface area contributed by atoms with E-state index in [0.29, 0.717) is 5.82 Å². The van der Waals surface area contributed by atoms with Crippen molar-refractivity contribution in [3.05, 3.63) is 24.4 Å². The number of hydrogen-bond acceptors (Lipinski definition) is 2. The van der Waals surface area contributed by atoms with Crippen molar-refractivity contribution in [3.63, 3.8) is 0 Å². The fraction of sp³-hybridized carbons (Fsp3) is 0.111. The average Bonchev–Trinajstić information content (AvgIpc) is 2.49. The maximum absolute atomic E-state index is 10.7. The minimum Gasteiger partial charge on any atom is -0.360 e. The van der Waals surface area contributed by atoms with Gasteiger partial charge in [-0.3, -0.25) is 4.79 Å². The van der Waals surface area contributed by atoms with E-state index < -0.39 is 0 Å². The van der Waals surface area contributed by atoms with Gasteiger partial charge < -0.3 is 10.3 Å². The predicted molar refractivity (Wildman–Crippen MR) is 50.4 cm³/mol. The van der Waals surface area contributed by atoms with Gasteiger partial charge in [-0.05, 0) is 18.2 Å². The number of H-pyrrole nitrogens is 1. The lowest BCUT2D eigenvalue weighted by Gasteiger charge is -1.99. The molecular weight excluding hydrogens is 166 g/mol. The van der Waals surface area contributed by atoms with E-state index in [1.54, 1.807) is 6.07 Å². The lowest BCUT2D eigenvalue weighted by Crippen LogP contribution is -2.06. The number of amides is 1. The van der Waals surface area contributed by atoms with Crippen LogP contribution in [0.25, 0.3) is 11.0 Å². The van der Waals surface area contributed by atoms with E-state index >= 15 is 0 Å². The zero-order valence-corrected chi connectivity index (χ0v) is 7.16. The molecule has 4 heteroatoms. The topological polar surface area (TPSA) is 57.8 Å². The molecule has 0 bridgehead atoms. The van der Waals surface area contributed by atoms with E-state index in [0.717, 1.165) is 11.0 Å². The van der Waals surface area contributed by atoms with Crippen LogP contribution in [0.3, 0.4) is 0 Å². The fourth-order valence-electron chi connectivity index (χ4n) is 1.18. The Hall–Kier alpha value is -1.84. The monoisotopic (exact) mass is 175 g/mol. The van der Waals surface area contributed by atoms with Crippen molar-refractivity contribution in [2.24, 2.45) is 0 Å². The largest absolute Gasteiger partial charge is 0.360 e. The smallest absolute Gasteiger partial charge is 0.222 e. The third-order valence-electron chi connectivity index (χ3n) is 1.71. The number of hydrogen-bond donors (Lipinski definition) is 2. The molecule has 0 aliphatic heterocycles. The maximum atomic E-state index is 10.7. The zero-order valence-electron chi connectivity index (χ0n) is 7.16. The van der Waals surface area contributed by atoms with Crippen LogP contribution < -0.4 is 5.32 Å². The van der Waals surface area contributed by atoms with Crippen molar-refractivity contribution in [2.75, 3.05) is 5.32 Å². The van der Waals surface area contributed by atoms with Gasteiger partial charge in [0.1, 0.15) is 5.82 Å². The minimum absolute atomic E-state index is 0.109. The number of anilines is 1. The molecule has 66 valence electrons. The van der Waals surface area contributed by atoms with Crippen molar-refractivity contribution in [1.29, 1.82) is 0 Å². The molecule has 0 atom stereocenters. The predicted octanol–water partition coefficient (Wildman–Crippen LogP) is 1.52. The van der Waals surface area contributed by atoms with Gasteiger partial charge in [-0.25, -0.2) is 4.98 Å². The quantitative estimate of drug-likeness (QED) is 0.690. The Balaban J connectivity index is 2.42. The van der Waals surface area contributed by atoms with Crippen LogP contribution >= 0.6 is 0 Å². The highest BCUT2D eigenvalue weighted by Crippen LogP contribution is 2.12. The van der Waals surface area contributed by atoms with Crippen LogP contribution in [0.1, 0.15) is 6.92 Å². The number of nitrogens with one attached hydrogen (secondary N) is 2. The number of carbonyl (C=O) groups excluding carboxylic acids is 1. The average molecular weight is 175 g/mol. The van der Waals surface area contributed by atoms with E-state index in [2.05, 4.69) is 15.3 Å². The van der Waals surface area contributed by atoms with Gasteiger partial charge in [-0.2, -0.15) is 0 Å².